The van der Waals surface area contributed by atoms with Crippen LogP contribution in [0.2, 0.25) is 10.0 Å². The Balaban J connectivity index is 2.28. The van der Waals surface area contributed by atoms with Gasteiger partial charge in [0, 0.05) is 6.20 Å². The summed E-state index contributed by atoms with van der Waals surface area (Å²) in [4.78, 5) is 19.6. The van der Waals surface area contributed by atoms with Crippen LogP contribution in [-0.2, 0) is 0 Å². The van der Waals surface area contributed by atoms with Gasteiger partial charge in [-0.15, -0.1) is 0 Å². The Kier molecular flexibility index (Phi) is 3.64. The van der Waals surface area contributed by atoms with E-state index < -0.39 is 5.91 Å². The van der Waals surface area contributed by atoms with E-state index in [0.717, 1.165) is 0 Å². The van der Waals surface area contributed by atoms with Crippen molar-refractivity contribution in [3.8, 4) is 0 Å². The molecule has 0 saturated heterocycles. The topological polar surface area (TPSA) is 80.9 Å². The van der Waals surface area contributed by atoms with Crippen LogP contribution in [0.15, 0.2) is 30.5 Å². The number of halogens is 2. The SMILES string of the molecule is Nc1nccc(NC(=O)c2c(Cl)cccc2Cl)n1. The predicted molar refractivity (Wildman–Crippen MR) is 70.9 cm³/mol. The highest BCUT2D eigenvalue weighted by atomic mass is 35.5. The quantitative estimate of drug-likeness (QED) is 0.887. The van der Waals surface area contributed by atoms with Crippen molar-refractivity contribution >= 4 is 40.9 Å². The highest BCUT2D eigenvalue weighted by Crippen LogP contribution is 2.24. The van der Waals surface area contributed by atoms with Gasteiger partial charge in [-0.3, -0.25) is 4.79 Å². The van der Waals surface area contributed by atoms with Gasteiger partial charge in [0.1, 0.15) is 5.82 Å². The molecule has 1 heterocycles. The third-order valence-corrected chi connectivity index (χ3v) is 2.74. The van der Waals surface area contributed by atoms with Crippen molar-refractivity contribution in [2.45, 2.75) is 0 Å². The van der Waals surface area contributed by atoms with E-state index in [1.807, 2.05) is 0 Å². The monoisotopic (exact) mass is 282 g/mol. The molecule has 18 heavy (non-hydrogen) atoms. The van der Waals surface area contributed by atoms with Gasteiger partial charge in [-0.25, -0.2) is 4.98 Å². The van der Waals surface area contributed by atoms with Gasteiger partial charge < -0.3 is 11.1 Å². The van der Waals surface area contributed by atoms with Gasteiger partial charge >= 0.3 is 0 Å². The summed E-state index contributed by atoms with van der Waals surface area (Å²) in [5, 5.41) is 3.07. The fourth-order valence-electron chi connectivity index (χ4n) is 1.34. The average Bonchev–Trinajstić information content (AvgIpc) is 2.28. The largest absolute Gasteiger partial charge is 0.368 e. The van der Waals surface area contributed by atoms with E-state index in [-0.39, 0.29) is 27.4 Å². The van der Waals surface area contributed by atoms with Crippen molar-refractivity contribution in [2.75, 3.05) is 11.1 Å². The lowest BCUT2D eigenvalue weighted by molar-refractivity contribution is 0.102. The van der Waals surface area contributed by atoms with Crippen LogP contribution in [0.5, 0.6) is 0 Å². The minimum Gasteiger partial charge on any atom is -0.368 e. The summed E-state index contributed by atoms with van der Waals surface area (Å²) >= 11 is 11.8. The van der Waals surface area contributed by atoms with Crippen LogP contribution >= 0.6 is 23.2 Å². The number of anilines is 2. The third kappa shape index (κ3) is 2.69. The van der Waals surface area contributed by atoms with Crippen LogP contribution in [0.25, 0.3) is 0 Å². The molecule has 1 aromatic heterocycles. The maximum Gasteiger partial charge on any atom is 0.259 e. The number of carbonyl (C=O) groups excluding carboxylic acids is 1. The van der Waals surface area contributed by atoms with Crippen LogP contribution in [0.3, 0.4) is 0 Å². The Morgan fingerprint density at radius 2 is 1.89 bits per heavy atom. The van der Waals surface area contributed by atoms with Crippen LogP contribution < -0.4 is 11.1 Å². The Labute approximate surface area is 113 Å². The molecule has 0 atom stereocenters. The zero-order valence-corrected chi connectivity index (χ0v) is 10.5. The summed E-state index contributed by atoms with van der Waals surface area (Å²) in [5.41, 5.74) is 5.60. The number of amides is 1. The van der Waals surface area contributed by atoms with Gasteiger partial charge in [0.2, 0.25) is 5.95 Å². The lowest BCUT2D eigenvalue weighted by Gasteiger charge is -2.07. The molecule has 0 aliphatic rings. The van der Waals surface area contributed by atoms with E-state index in [4.69, 9.17) is 28.9 Å². The molecule has 0 bridgehead atoms. The number of nitrogens with two attached hydrogens (primary N) is 1. The Hall–Kier alpha value is -1.85. The van der Waals surface area contributed by atoms with E-state index in [9.17, 15) is 4.79 Å². The van der Waals surface area contributed by atoms with Crippen molar-refractivity contribution in [1.29, 1.82) is 0 Å². The van der Waals surface area contributed by atoms with Gasteiger partial charge in [0.15, 0.2) is 0 Å². The molecule has 0 unspecified atom stereocenters. The number of hydrogen-bond donors (Lipinski definition) is 2. The van der Waals surface area contributed by atoms with Crippen molar-refractivity contribution in [3.05, 3.63) is 46.1 Å². The number of rotatable bonds is 2. The van der Waals surface area contributed by atoms with E-state index in [0.29, 0.717) is 0 Å². The summed E-state index contributed by atoms with van der Waals surface area (Å²) in [6.07, 6.45) is 1.44. The number of nitrogens with one attached hydrogen (secondary N) is 1. The molecule has 1 amide bonds. The normalized spacial score (nSPS) is 10.1. The van der Waals surface area contributed by atoms with E-state index in [1.165, 1.54) is 12.3 Å². The second-order valence-corrected chi connectivity index (χ2v) is 4.17. The summed E-state index contributed by atoms with van der Waals surface area (Å²) in [5.74, 6) is -0.106. The predicted octanol–water partition coefficient (Wildman–Crippen LogP) is 2.62. The van der Waals surface area contributed by atoms with Crippen LogP contribution in [0, 0.1) is 0 Å². The number of nitrogens with zero attached hydrogens (tertiary/aromatic N) is 2. The number of aromatic nitrogens is 2. The highest BCUT2D eigenvalue weighted by Gasteiger charge is 2.15. The first-order chi connectivity index (χ1) is 8.58. The maximum atomic E-state index is 12.0. The molecule has 5 nitrogen and oxygen atoms in total. The zero-order valence-electron chi connectivity index (χ0n) is 9.02. The molecule has 7 heteroatoms. The van der Waals surface area contributed by atoms with Crippen molar-refractivity contribution in [3.63, 3.8) is 0 Å². The molecule has 0 aliphatic carbocycles. The van der Waals surface area contributed by atoms with E-state index >= 15 is 0 Å². The van der Waals surface area contributed by atoms with Gasteiger partial charge in [-0.2, -0.15) is 4.98 Å². The fourth-order valence-corrected chi connectivity index (χ4v) is 1.91. The first-order valence-corrected chi connectivity index (χ1v) is 5.67. The maximum absolute atomic E-state index is 12.0. The second-order valence-electron chi connectivity index (χ2n) is 3.35. The molecule has 2 rings (SSSR count). The minimum absolute atomic E-state index is 0.0676. The lowest BCUT2D eigenvalue weighted by atomic mass is 10.2. The van der Waals surface area contributed by atoms with Crippen molar-refractivity contribution in [1.82, 2.24) is 9.97 Å². The second kappa shape index (κ2) is 5.20. The number of benzene rings is 1. The smallest absolute Gasteiger partial charge is 0.259 e. The molecular weight excluding hydrogens is 275 g/mol. The van der Waals surface area contributed by atoms with E-state index in [1.54, 1.807) is 18.2 Å². The van der Waals surface area contributed by atoms with Crippen molar-refractivity contribution in [2.24, 2.45) is 0 Å². The molecule has 0 radical (unpaired) electrons. The number of nitrogen functional groups attached to an aromatic ring is 1. The summed E-state index contributed by atoms with van der Waals surface area (Å²) in [7, 11) is 0. The molecule has 0 fully saturated rings. The van der Waals surface area contributed by atoms with Crippen LogP contribution in [-0.4, -0.2) is 15.9 Å². The number of hydrogen-bond acceptors (Lipinski definition) is 4. The summed E-state index contributed by atoms with van der Waals surface area (Å²) < 4.78 is 0. The highest BCUT2D eigenvalue weighted by molar-refractivity contribution is 6.40. The Morgan fingerprint density at radius 1 is 1.22 bits per heavy atom. The van der Waals surface area contributed by atoms with Gasteiger partial charge in [0.05, 0.1) is 15.6 Å². The molecule has 0 spiro atoms. The van der Waals surface area contributed by atoms with Crippen LogP contribution in [0.1, 0.15) is 10.4 Å². The molecule has 1 aromatic carbocycles. The fraction of sp³-hybridized carbons (Fsp3) is 0. The first-order valence-electron chi connectivity index (χ1n) is 4.92. The Morgan fingerprint density at radius 3 is 2.50 bits per heavy atom. The molecular formula is C11H8Cl2N4O. The standard InChI is InChI=1S/C11H8Cl2N4O/c12-6-2-1-3-7(13)9(6)10(18)16-8-4-5-15-11(14)17-8/h1-5H,(H3,14,15,16,17,18). The zero-order chi connectivity index (χ0) is 13.1. The van der Waals surface area contributed by atoms with E-state index in [2.05, 4.69) is 15.3 Å². The Bertz CT molecular complexity index is 583. The van der Waals surface area contributed by atoms with Gasteiger partial charge in [0.25, 0.3) is 5.91 Å². The van der Waals surface area contributed by atoms with Gasteiger partial charge in [-0.1, -0.05) is 29.3 Å². The molecule has 2 aromatic rings. The minimum atomic E-state index is -0.455. The average molecular weight is 283 g/mol. The molecule has 3 N–H and O–H groups in total. The summed E-state index contributed by atoms with van der Waals surface area (Å²) in [6.45, 7) is 0. The summed E-state index contributed by atoms with van der Waals surface area (Å²) in [6, 6.07) is 6.33. The van der Waals surface area contributed by atoms with Crippen molar-refractivity contribution < 1.29 is 4.79 Å². The lowest BCUT2D eigenvalue weighted by Crippen LogP contribution is -2.14. The number of carbonyl (C=O) groups is 1. The van der Waals surface area contributed by atoms with Crippen LogP contribution in [0.4, 0.5) is 11.8 Å². The molecule has 0 saturated carbocycles. The molecule has 0 aliphatic heterocycles. The first kappa shape index (κ1) is 12.6. The molecule has 92 valence electrons. The van der Waals surface area contributed by atoms with Gasteiger partial charge in [-0.05, 0) is 18.2 Å². The third-order valence-electron chi connectivity index (χ3n) is 2.11.